The van der Waals surface area contributed by atoms with Crippen molar-refractivity contribution in [2.75, 3.05) is 19.6 Å². The zero-order valence-corrected chi connectivity index (χ0v) is 16.5. The third kappa shape index (κ3) is 3.97. The summed E-state index contributed by atoms with van der Waals surface area (Å²) in [7, 11) is 0. The Labute approximate surface area is 159 Å². The van der Waals surface area contributed by atoms with Crippen LogP contribution in [0.25, 0.3) is 0 Å². The van der Waals surface area contributed by atoms with Crippen LogP contribution in [0.15, 0.2) is 0 Å². The predicted molar refractivity (Wildman–Crippen MR) is 96.1 cm³/mol. The van der Waals surface area contributed by atoms with Crippen molar-refractivity contribution in [3.05, 3.63) is 0 Å². The van der Waals surface area contributed by atoms with E-state index in [4.69, 9.17) is 4.74 Å². The van der Waals surface area contributed by atoms with E-state index in [1.165, 1.54) is 4.90 Å². The summed E-state index contributed by atoms with van der Waals surface area (Å²) in [5.74, 6) is -0.184. The number of hydrogen-bond donors (Lipinski definition) is 2. The van der Waals surface area contributed by atoms with Crippen LogP contribution in [0.3, 0.4) is 0 Å². The van der Waals surface area contributed by atoms with Gasteiger partial charge in [-0.05, 0) is 53.4 Å². The molecule has 0 unspecified atom stereocenters. The average molecular weight is 382 g/mol. The number of nitrogens with zero attached hydrogens (tertiary/aromatic N) is 3. The lowest BCUT2D eigenvalue weighted by molar-refractivity contribution is -0.128. The van der Waals surface area contributed by atoms with Gasteiger partial charge in [-0.3, -0.25) is 10.0 Å². The highest BCUT2D eigenvalue weighted by Crippen LogP contribution is 2.36. The standard InChI is InChI=1S/C18H30N4O5/c1-17(2,3)27-16(25)20-9-6-12(7-10-20)19-14(23)13-5-8-18(4)11-21(13)15(24)22(18)26/h12-13,26H,5-11H2,1-4H3,(H,19,23)/t13-,18+/m0/s1. The van der Waals surface area contributed by atoms with Crippen LogP contribution in [0.1, 0.15) is 53.4 Å². The molecule has 4 amide bonds. The first-order valence-corrected chi connectivity index (χ1v) is 9.58. The summed E-state index contributed by atoms with van der Waals surface area (Å²) < 4.78 is 5.38. The molecule has 0 aromatic carbocycles. The van der Waals surface area contributed by atoms with Crippen LogP contribution in [0, 0.1) is 0 Å². The highest BCUT2D eigenvalue weighted by Gasteiger charge is 2.54. The second kappa shape index (κ2) is 6.85. The molecule has 3 heterocycles. The number of hydroxylamine groups is 2. The second-order valence-electron chi connectivity index (χ2n) is 9.02. The zero-order valence-electron chi connectivity index (χ0n) is 16.5. The van der Waals surface area contributed by atoms with E-state index in [-0.39, 0.29) is 18.0 Å². The SMILES string of the molecule is CC(C)(C)OC(=O)N1CCC(NC(=O)[C@@H]2CC[C@]3(C)CN2C(=O)N3O)CC1. The molecule has 0 radical (unpaired) electrons. The van der Waals surface area contributed by atoms with Gasteiger partial charge in [-0.25, -0.2) is 9.59 Å². The van der Waals surface area contributed by atoms with Crippen molar-refractivity contribution in [1.82, 2.24) is 20.2 Å². The molecule has 2 atom stereocenters. The Kier molecular flexibility index (Phi) is 5.00. The van der Waals surface area contributed by atoms with Gasteiger partial charge in [-0.15, -0.1) is 0 Å². The highest BCUT2D eigenvalue weighted by atomic mass is 16.6. The lowest BCUT2D eigenvalue weighted by atomic mass is 9.89. The largest absolute Gasteiger partial charge is 0.444 e. The molecule has 9 heteroatoms. The number of carbonyl (C=O) groups excluding carboxylic acids is 3. The van der Waals surface area contributed by atoms with E-state index >= 15 is 0 Å². The molecular weight excluding hydrogens is 352 g/mol. The Bertz CT molecular complexity index is 626. The minimum Gasteiger partial charge on any atom is -0.444 e. The van der Waals surface area contributed by atoms with Gasteiger partial charge >= 0.3 is 12.1 Å². The molecular formula is C18H30N4O5. The Hall–Kier alpha value is -2.03. The number of ether oxygens (including phenoxy) is 1. The van der Waals surface area contributed by atoms with Gasteiger partial charge in [0.1, 0.15) is 11.6 Å². The van der Waals surface area contributed by atoms with Gasteiger partial charge in [-0.2, -0.15) is 5.06 Å². The molecule has 3 aliphatic heterocycles. The normalized spacial score (nSPS) is 29.1. The smallest absolute Gasteiger partial charge is 0.410 e. The maximum absolute atomic E-state index is 12.7. The predicted octanol–water partition coefficient (Wildman–Crippen LogP) is 1.55. The number of amides is 4. The Morgan fingerprint density at radius 3 is 2.44 bits per heavy atom. The third-order valence-corrected chi connectivity index (χ3v) is 5.58. The number of fused-ring (bicyclic) bond motifs is 2. The fourth-order valence-corrected chi connectivity index (χ4v) is 3.99. The van der Waals surface area contributed by atoms with Gasteiger partial charge in [0, 0.05) is 25.7 Å². The Morgan fingerprint density at radius 2 is 1.85 bits per heavy atom. The third-order valence-electron chi connectivity index (χ3n) is 5.58. The first-order chi connectivity index (χ1) is 12.5. The van der Waals surface area contributed by atoms with Crippen LogP contribution < -0.4 is 5.32 Å². The van der Waals surface area contributed by atoms with Gasteiger partial charge in [0.2, 0.25) is 5.91 Å². The summed E-state index contributed by atoms with van der Waals surface area (Å²) in [5.41, 5.74) is -1.13. The molecule has 0 saturated carbocycles. The van der Waals surface area contributed by atoms with Crippen molar-refractivity contribution in [3.63, 3.8) is 0 Å². The summed E-state index contributed by atoms with van der Waals surface area (Å²) >= 11 is 0. The second-order valence-corrected chi connectivity index (χ2v) is 9.02. The van der Waals surface area contributed by atoms with E-state index in [0.717, 1.165) is 5.06 Å². The van der Waals surface area contributed by atoms with Crippen molar-refractivity contribution in [3.8, 4) is 0 Å². The molecule has 3 saturated heterocycles. The van der Waals surface area contributed by atoms with E-state index in [1.54, 1.807) is 4.90 Å². The molecule has 3 aliphatic rings. The van der Waals surface area contributed by atoms with Gasteiger partial charge in [0.05, 0.1) is 5.54 Å². The van der Waals surface area contributed by atoms with Crippen LogP contribution >= 0.6 is 0 Å². The van der Waals surface area contributed by atoms with Crippen molar-refractivity contribution >= 4 is 18.0 Å². The topological polar surface area (TPSA) is 102 Å². The average Bonchev–Trinajstić information content (AvgIpc) is 2.75. The molecule has 27 heavy (non-hydrogen) atoms. The quantitative estimate of drug-likeness (QED) is 0.706. The molecule has 9 nitrogen and oxygen atoms in total. The monoisotopic (exact) mass is 382 g/mol. The van der Waals surface area contributed by atoms with Gasteiger partial charge in [0.25, 0.3) is 0 Å². The summed E-state index contributed by atoms with van der Waals surface area (Å²) in [6.45, 7) is 8.73. The number of hydrogen-bond acceptors (Lipinski definition) is 5. The number of piperidine rings is 2. The minimum atomic E-state index is -0.605. The van der Waals surface area contributed by atoms with E-state index in [0.29, 0.717) is 45.3 Å². The number of urea groups is 1. The van der Waals surface area contributed by atoms with Gasteiger partial charge in [-0.1, -0.05) is 0 Å². The summed E-state index contributed by atoms with van der Waals surface area (Å²) in [4.78, 5) is 40.1. The number of likely N-dealkylation sites (tertiary alicyclic amines) is 1. The maximum Gasteiger partial charge on any atom is 0.410 e. The zero-order chi connectivity index (χ0) is 20.0. The molecule has 0 aliphatic carbocycles. The van der Waals surface area contributed by atoms with Crippen LogP contribution in [0.5, 0.6) is 0 Å². The van der Waals surface area contributed by atoms with Crippen molar-refractivity contribution in [2.24, 2.45) is 0 Å². The van der Waals surface area contributed by atoms with E-state index in [9.17, 15) is 19.6 Å². The molecule has 2 N–H and O–H groups in total. The number of carbonyl (C=O) groups is 3. The first kappa shape index (κ1) is 19.7. The number of nitrogens with one attached hydrogen (secondary N) is 1. The van der Waals surface area contributed by atoms with Crippen molar-refractivity contribution < 1.29 is 24.3 Å². The Morgan fingerprint density at radius 1 is 1.22 bits per heavy atom. The summed E-state index contributed by atoms with van der Waals surface area (Å²) in [6, 6.07) is -1.09. The van der Waals surface area contributed by atoms with E-state index in [2.05, 4.69) is 5.32 Å². The highest BCUT2D eigenvalue weighted by molar-refractivity contribution is 5.89. The molecule has 3 rings (SSSR count). The van der Waals surface area contributed by atoms with E-state index < -0.39 is 23.2 Å². The Balaban J connectivity index is 1.50. The molecule has 3 fully saturated rings. The number of rotatable bonds is 2. The summed E-state index contributed by atoms with van der Waals surface area (Å²) in [5, 5.41) is 13.7. The lowest BCUT2D eigenvalue weighted by Gasteiger charge is -2.37. The van der Waals surface area contributed by atoms with Crippen molar-refractivity contribution in [2.45, 2.75) is 76.6 Å². The first-order valence-electron chi connectivity index (χ1n) is 9.58. The molecule has 2 bridgehead atoms. The van der Waals surface area contributed by atoms with E-state index in [1.807, 2.05) is 27.7 Å². The molecule has 0 aromatic heterocycles. The van der Waals surface area contributed by atoms with Crippen LogP contribution in [-0.2, 0) is 9.53 Å². The van der Waals surface area contributed by atoms with Crippen LogP contribution in [0.4, 0.5) is 9.59 Å². The molecule has 152 valence electrons. The fraction of sp³-hybridized carbons (Fsp3) is 0.833. The lowest BCUT2D eigenvalue weighted by Crippen LogP contribution is -2.55. The van der Waals surface area contributed by atoms with Gasteiger partial charge in [0.15, 0.2) is 0 Å². The van der Waals surface area contributed by atoms with Crippen LogP contribution in [0.2, 0.25) is 0 Å². The minimum absolute atomic E-state index is 0.0348. The molecule has 0 spiro atoms. The van der Waals surface area contributed by atoms with Crippen LogP contribution in [-0.4, -0.2) is 81.0 Å². The van der Waals surface area contributed by atoms with Gasteiger partial charge < -0.3 is 19.9 Å². The molecule has 0 aromatic rings. The van der Waals surface area contributed by atoms with Crippen molar-refractivity contribution in [1.29, 1.82) is 0 Å². The summed E-state index contributed by atoms with van der Waals surface area (Å²) in [6.07, 6.45) is 2.08. The maximum atomic E-state index is 12.7. The fourth-order valence-electron chi connectivity index (χ4n) is 3.99.